The third-order valence-electron chi connectivity index (χ3n) is 4.53. The molecule has 3 rings (SSSR count). The first kappa shape index (κ1) is 19.4. The lowest BCUT2D eigenvalue weighted by Crippen LogP contribution is -2.33. The monoisotopic (exact) mass is 385 g/mol. The number of carbonyl (C=O) groups excluding carboxylic acids is 1. The van der Waals surface area contributed by atoms with E-state index in [4.69, 9.17) is 15.0 Å². The van der Waals surface area contributed by atoms with E-state index >= 15 is 0 Å². The maximum Gasteiger partial charge on any atom is 0.338 e. The van der Waals surface area contributed by atoms with Crippen molar-refractivity contribution in [2.24, 2.45) is 5.11 Å². The summed E-state index contributed by atoms with van der Waals surface area (Å²) >= 11 is 0. The highest BCUT2D eigenvalue weighted by Crippen LogP contribution is 2.30. The Morgan fingerprint density at radius 3 is 2.75 bits per heavy atom. The first-order valence-electron chi connectivity index (χ1n) is 8.64. The van der Waals surface area contributed by atoms with Gasteiger partial charge in [-0.1, -0.05) is 22.8 Å². The second-order valence-corrected chi connectivity index (χ2v) is 6.58. The molecule has 0 unspecified atom stereocenters. The van der Waals surface area contributed by atoms with Crippen molar-refractivity contribution in [2.45, 2.75) is 38.6 Å². The molecule has 1 saturated heterocycles. The lowest BCUT2D eigenvalue weighted by atomic mass is 10.1. The molecular formula is C18H19N5O5. The van der Waals surface area contributed by atoms with Crippen LogP contribution in [0.15, 0.2) is 45.2 Å². The molecule has 0 spiro atoms. The summed E-state index contributed by atoms with van der Waals surface area (Å²) in [5, 5.41) is 3.69. The van der Waals surface area contributed by atoms with E-state index in [1.807, 2.05) is 6.92 Å². The number of carbonyl (C=O) groups is 1. The summed E-state index contributed by atoms with van der Waals surface area (Å²) < 4.78 is 12.3. The van der Waals surface area contributed by atoms with E-state index in [1.165, 1.54) is 10.8 Å². The third-order valence-corrected chi connectivity index (χ3v) is 4.53. The zero-order valence-corrected chi connectivity index (χ0v) is 15.4. The maximum atomic E-state index is 12.2. The number of hydrogen-bond donors (Lipinski definition) is 1. The molecule has 1 fully saturated rings. The van der Waals surface area contributed by atoms with Crippen molar-refractivity contribution in [1.82, 2.24) is 9.55 Å². The van der Waals surface area contributed by atoms with Gasteiger partial charge in [0.1, 0.15) is 18.9 Å². The van der Waals surface area contributed by atoms with Crippen LogP contribution in [-0.2, 0) is 9.47 Å². The quantitative estimate of drug-likeness (QED) is 0.363. The Labute approximate surface area is 159 Å². The molecule has 0 aliphatic carbocycles. The minimum atomic E-state index is -0.748. The molecule has 1 aromatic heterocycles. The number of benzene rings is 1. The fourth-order valence-electron chi connectivity index (χ4n) is 2.95. The Kier molecular flexibility index (Phi) is 5.62. The smallest absolute Gasteiger partial charge is 0.338 e. The number of hydrogen-bond acceptors (Lipinski definition) is 6. The summed E-state index contributed by atoms with van der Waals surface area (Å²) in [7, 11) is 0. The van der Waals surface area contributed by atoms with Crippen LogP contribution in [0.2, 0.25) is 0 Å². The van der Waals surface area contributed by atoms with Crippen LogP contribution in [0.25, 0.3) is 10.4 Å². The topological polar surface area (TPSA) is 139 Å². The minimum absolute atomic E-state index is 0.135. The van der Waals surface area contributed by atoms with Gasteiger partial charge in [-0.3, -0.25) is 14.3 Å². The van der Waals surface area contributed by atoms with Gasteiger partial charge in [0.15, 0.2) is 0 Å². The summed E-state index contributed by atoms with van der Waals surface area (Å²) in [6.07, 6.45) is 0.137. The van der Waals surface area contributed by atoms with E-state index in [1.54, 1.807) is 31.2 Å². The summed E-state index contributed by atoms with van der Waals surface area (Å²) in [4.78, 5) is 40.8. The lowest BCUT2D eigenvalue weighted by Gasteiger charge is -2.17. The first-order chi connectivity index (χ1) is 13.4. The number of esters is 1. The molecule has 0 bridgehead atoms. The van der Waals surface area contributed by atoms with Crippen molar-refractivity contribution >= 4 is 5.97 Å². The fourth-order valence-corrected chi connectivity index (χ4v) is 2.95. The van der Waals surface area contributed by atoms with Gasteiger partial charge in [-0.2, -0.15) is 0 Å². The highest BCUT2D eigenvalue weighted by Gasteiger charge is 2.37. The van der Waals surface area contributed by atoms with Gasteiger partial charge >= 0.3 is 11.7 Å². The number of aromatic nitrogens is 2. The van der Waals surface area contributed by atoms with Crippen molar-refractivity contribution in [3.63, 3.8) is 0 Å². The highest BCUT2D eigenvalue weighted by atomic mass is 16.6. The molecule has 0 amide bonds. The number of rotatable bonds is 5. The van der Waals surface area contributed by atoms with Crippen LogP contribution < -0.4 is 11.2 Å². The van der Waals surface area contributed by atoms with Crippen LogP contribution in [0.1, 0.15) is 34.1 Å². The predicted molar refractivity (Wildman–Crippen MR) is 99.0 cm³/mol. The summed E-state index contributed by atoms with van der Waals surface area (Å²) in [5.74, 6) is -0.524. The predicted octanol–water partition coefficient (Wildman–Crippen LogP) is 1.98. The molecule has 2 heterocycles. The number of ether oxygens (including phenoxy) is 2. The van der Waals surface area contributed by atoms with Crippen LogP contribution in [0.5, 0.6) is 0 Å². The van der Waals surface area contributed by atoms with Gasteiger partial charge in [-0.05, 0) is 31.5 Å². The SMILES string of the molecule is Cc1ccc(C(=O)OC[C@H]2O[C@@H](n3cc(C)c(=O)[nH]c3=O)C[C@@H]2N=[N+]=[N-])cc1. The molecular weight excluding hydrogens is 366 g/mol. The third kappa shape index (κ3) is 4.13. The second kappa shape index (κ2) is 8.12. The van der Waals surface area contributed by atoms with E-state index < -0.39 is 35.6 Å². The molecule has 1 N–H and O–H groups in total. The average Bonchev–Trinajstić information content (AvgIpc) is 3.06. The number of azide groups is 1. The Hall–Kier alpha value is -3.36. The van der Waals surface area contributed by atoms with Crippen molar-refractivity contribution in [2.75, 3.05) is 6.61 Å². The van der Waals surface area contributed by atoms with Gasteiger partial charge in [0, 0.05) is 23.1 Å². The second-order valence-electron chi connectivity index (χ2n) is 6.58. The molecule has 1 aliphatic heterocycles. The van der Waals surface area contributed by atoms with Crippen LogP contribution in [0.4, 0.5) is 0 Å². The zero-order chi connectivity index (χ0) is 20.3. The minimum Gasteiger partial charge on any atom is -0.459 e. The summed E-state index contributed by atoms with van der Waals surface area (Å²) in [6.45, 7) is 3.34. The number of nitrogens with one attached hydrogen (secondary N) is 1. The molecule has 10 heteroatoms. The van der Waals surface area contributed by atoms with Crippen LogP contribution in [0.3, 0.4) is 0 Å². The van der Waals surface area contributed by atoms with Gasteiger partial charge in [0.2, 0.25) is 0 Å². The van der Waals surface area contributed by atoms with Crippen LogP contribution >= 0.6 is 0 Å². The molecule has 0 saturated carbocycles. The fraction of sp³-hybridized carbons (Fsp3) is 0.389. The first-order valence-corrected chi connectivity index (χ1v) is 8.64. The van der Waals surface area contributed by atoms with Gasteiger partial charge in [0.25, 0.3) is 5.56 Å². The van der Waals surface area contributed by atoms with Crippen LogP contribution in [-0.4, -0.2) is 34.3 Å². The number of aromatic amines is 1. The molecule has 1 aliphatic rings. The zero-order valence-electron chi connectivity index (χ0n) is 15.4. The lowest BCUT2D eigenvalue weighted by molar-refractivity contribution is -0.0363. The Morgan fingerprint density at radius 1 is 1.36 bits per heavy atom. The number of H-pyrrole nitrogens is 1. The maximum absolute atomic E-state index is 12.2. The molecule has 0 radical (unpaired) electrons. The Morgan fingerprint density at radius 2 is 2.07 bits per heavy atom. The van der Waals surface area contributed by atoms with Crippen molar-refractivity contribution < 1.29 is 14.3 Å². The highest BCUT2D eigenvalue weighted by molar-refractivity contribution is 5.89. The van der Waals surface area contributed by atoms with Crippen molar-refractivity contribution in [3.05, 3.63) is 78.4 Å². The average molecular weight is 385 g/mol. The standard InChI is InChI=1S/C18H19N5O5/c1-10-3-5-12(6-4-10)17(25)27-9-14-13(21-22-19)7-15(28-14)23-8-11(2)16(24)20-18(23)26/h3-6,8,13-15H,7,9H2,1-2H3,(H,20,24,26)/t13-,14+,15+/m0/s1. The van der Waals surface area contributed by atoms with E-state index in [2.05, 4.69) is 15.0 Å². The molecule has 2 aromatic rings. The molecule has 10 nitrogen and oxygen atoms in total. The van der Waals surface area contributed by atoms with E-state index in [0.29, 0.717) is 11.1 Å². The summed E-state index contributed by atoms with van der Waals surface area (Å²) in [5.41, 5.74) is 9.45. The molecule has 28 heavy (non-hydrogen) atoms. The van der Waals surface area contributed by atoms with Gasteiger partial charge in [0.05, 0.1) is 11.6 Å². The van der Waals surface area contributed by atoms with Crippen molar-refractivity contribution in [1.29, 1.82) is 0 Å². The van der Waals surface area contributed by atoms with E-state index in [-0.39, 0.29) is 13.0 Å². The Balaban J connectivity index is 1.73. The largest absolute Gasteiger partial charge is 0.459 e. The summed E-state index contributed by atoms with van der Waals surface area (Å²) in [6, 6.07) is 6.28. The van der Waals surface area contributed by atoms with Crippen LogP contribution in [0, 0.1) is 13.8 Å². The van der Waals surface area contributed by atoms with Gasteiger partial charge in [-0.15, -0.1) is 0 Å². The number of nitrogens with zero attached hydrogens (tertiary/aromatic N) is 4. The Bertz CT molecular complexity index is 1040. The normalized spacial score (nSPS) is 21.1. The molecule has 146 valence electrons. The molecule has 1 aromatic carbocycles. The molecule has 3 atom stereocenters. The van der Waals surface area contributed by atoms with Gasteiger partial charge < -0.3 is 9.47 Å². The number of aryl methyl sites for hydroxylation is 2. The van der Waals surface area contributed by atoms with E-state index in [0.717, 1.165) is 5.56 Å². The van der Waals surface area contributed by atoms with Crippen molar-refractivity contribution in [3.8, 4) is 0 Å². The van der Waals surface area contributed by atoms with Gasteiger partial charge in [-0.25, -0.2) is 9.59 Å². The van der Waals surface area contributed by atoms with E-state index in [9.17, 15) is 14.4 Å².